The van der Waals surface area contributed by atoms with Gasteiger partial charge in [-0.3, -0.25) is 0 Å². The molecule has 96 valence electrons. The van der Waals surface area contributed by atoms with E-state index in [1.54, 1.807) is 0 Å². The summed E-state index contributed by atoms with van der Waals surface area (Å²) < 4.78 is 44.0. The summed E-state index contributed by atoms with van der Waals surface area (Å²) in [6.07, 6.45) is -4.57. The van der Waals surface area contributed by atoms with Crippen molar-refractivity contribution >= 4 is 38.9 Å². The number of esters is 1. The summed E-state index contributed by atoms with van der Waals surface area (Å²) in [5.41, 5.74) is 0. The maximum atomic E-state index is 11.6. The Morgan fingerprint density at radius 2 is 2.00 bits per heavy atom. The smallest absolute Gasteiger partial charge is 0.459 e. The molecule has 0 fully saturated rings. The zero-order valence-corrected chi connectivity index (χ0v) is 11.2. The van der Waals surface area contributed by atoms with Gasteiger partial charge in [-0.15, -0.1) is 23.2 Å². The average Bonchev–Trinajstić information content (AvgIpc) is 2.14. The molecule has 0 heterocycles. The molecule has 0 bridgehead atoms. The lowest BCUT2D eigenvalue weighted by molar-refractivity contribution is -0.199. The second-order valence-corrected chi connectivity index (χ2v) is 5.61. The molecular weight excluding hydrogens is 288 g/mol. The zero-order valence-electron chi connectivity index (χ0n) is 8.23. The third-order valence-electron chi connectivity index (χ3n) is 1.39. The van der Waals surface area contributed by atoms with Crippen molar-refractivity contribution in [1.29, 1.82) is 0 Å². The minimum absolute atomic E-state index is 0.220. The molecule has 0 aliphatic heterocycles. The molecule has 0 unspecified atom stereocenters. The topological polar surface area (TPSA) is 35.5 Å². The van der Waals surface area contributed by atoms with Crippen LogP contribution in [0.4, 0.5) is 13.2 Å². The van der Waals surface area contributed by atoms with Crippen LogP contribution in [0.25, 0.3) is 0 Å². The van der Waals surface area contributed by atoms with Gasteiger partial charge >= 0.3 is 12.1 Å². The molecule has 0 aromatic carbocycles. The highest BCUT2D eigenvalue weighted by Crippen LogP contribution is 2.16. The van der Waals surface area contributed by atoms with Crippen LogP contribution in [0.3, 0.4) is 0 Å². The molecule has 0 N–H and O–H groups in total. The first-order valence-corrected chi connectivity index (χ1v) is 6.89. The van der Waals surface area contributed by atoms with Gasteiger partial charge in [-0.05, 0) is 12.5 Å². The van der Waals surface area contributed by atoms with E-state index in [-0.39, 0.29) is 13.2 Å². The summed E-state index contributed by atoms with van der Waals surface area (Å²) in [5.74, 6) is -2.16. The number of rotatable bonds is 7. The third kappa shape index (κ3) is 9.26. The highest BCUT2D eigenvalue weighted by Gasteiger charge is 2.40. The molecule has 16 heavy (non-hydrogen) atoms. The fraction of sp³-hybridized carbons (Fsp3) is 0.857. The van der Waals surface area contributed by atoms with Crippen molar-refractivity contribution in [2.75, 3.05) is 13.2 Å². The molecule has 3 nitrogen and oxygen atoms in total. The fourth-order valence-corrected chi connectivity index (χ4v) is 2.22. The van der Waals surface area contributed by atoms with Crippen LogP contribution in [0.15, 0.2) is 0 Å². The van der Waals surface area contributed by atoms with E-state index in [4.69, 9.17) is 27.6 Å². The van der Waals surface area contributed by atoms with Crippen LogP contribution in [0.1, 0.15) is 6.42 Å². The Morgan fingerprint density at radius 1 is 1.38 bits per heavy atom. The lowest BCUT2D eigenvalue weighted by Crippen LogP contribution is -2.25. The van der Waals surface area contributed by atoms with Crippen molar-refractivity contribution in [3.05, 3.63) is 0 Å². The quantitative estimate of drug-likeness (QED) is 0.311. The normalized spacial score (nSPS) is 12.6. The third-order valence-corrected chi connectivity index (χ3v) is 2.96. The summed E-state index contributed by atoms with van der Waals surface area (Å²) in [4.78, 5) is 9.65. The molecule has 0 spiro atoms. The Bertz CT molecular complexity index is 214. The standard InChI is InChI=1S/C7H11Cl2F3O3Si/c8-5(9)4-15-16-3-1-2-14-6(13)7(10,11)12/h5H,1-4,16H2. The van der Waals surface area contributed by atoms with Crippen LogP contribution in [0, 0.1) is 0 Å². The summed E-state index contributed by atoms with van der Waals surface area (Å²) in [7, 11) is -0.852. The fourth-order valence-electron chi connectivity index (χ4n) is 0.725. The zero-order chi connectivity index (χ0) is 12.6. The van der Waals surface area contributed by atoms with E-state index < -0.39 is 26.7 Å². The van der Waals surface area contributed by atoms with E-state index in [1.165, 1.54) is 0 Å². The first-order chi connectivity index (χ1) is 7.34. The molecule has 0 aromatic heterocycles. The molecule has 0 atom stereocenters. The molecule has 0 aliphatic rings. The molecule has 0 radical (unpaired) electrons. The Balaban J connectivity index is 3.31. The lowest BCUT2D eigenvalue weighted by atomic mass is 10.5. The monoisotopic (exact) mass is 298 g/mol. The summed E-state index contributed by atoms with van der Waals surface area (Å²) in [6, 6.07) is 0.603. The highest BCUT2D eigenvalue weighted by atomic mass is 35.5. The molecular formula is C7H11Cl2F3O3Si. The summed E-state index contributed by atoms with van der Waals surface area (Å²) >= 11 is 10.8. The van der Waals surface area contributed by atoms with Crippen LogP contribution >= 0.6 is 23.2 Å². The highest BCUT2D eigenvalue weighted by molar-refractivity contribution is 6.44. The van der Waals surface area contributed by atoms with Gasteiger partial charge in [0.15, 0.2) is 9.76 Å². The molecule has 0 saturated heterocycles. The Hall–Kier alpha value is 0.0169. The number of hydrogen-bond acceptors (Lipinski definition) is 3. The summed E-state index contributed by atoms with van der Waals surface area (Å²) in [6.45, 7) is -0.0302. The van der Waals surface area contributed by atoms with Crippen molar-refractivity contribution in [2.24, 2.45) is 0 Å². The number of carbonyl (C=O) groups excluding carboxylic acids is 1. The minimum Gasteiger partial charge on any atom is -0.459 e. The Labute approximate surface area is 103 Å². The predicted octanol–water partition coefficient (Wildman–Crippen LogP) is 1.80. The van der Waals surface area contributed by atoms with Crippen LogP contribution in [0.5, 0.6) is 0 Å². The number of halogens is 5. The van der Waals surface area contributed by atoms with E-state index in [2.05, 4.69) is 4.74 Å². The van der Waals surface area contributed by atoms with Crippen molar-refractivity contribution in [1.82, 2.24) is 0 Å². The van der Waals surface area contributed by atoms with Crippen molar-refractivity contribution in [3.63, 3.8) is 0 Å². The number of hydrogen-bond donors (Lipinski definition) is 0. The molecule has 0 aromatic rings. The van der Waals surface area contributed by atoms with Gasteiger partial charge < -0.3 is 9.16 Å². The molecule has 0 saturated carbocycles. The van der Waals surface area contributed by atoms with Gasteiger partial charge in [-0.1, -0.05) is 0 Å². The van der Waals surface area contributed by atoms with Crippen LogP contribution in [0.2, 0.25) is 6.04 Å². The van der Waals surface area contributed by atoms with Crippen LogP contribution in [-0.4, -0.2) is 40.0 Å². The average molecular weight is 299 g/mol. The van der Waals surface area contributed by atoms with Crippen molar-refractivity contribution in [2.45, 2.75) is 23.5 Å². The predicted molar refractivity (Wildman–Crippen MR) is 56.4 cm³/mol. The Kier molecular flexibility index (Phi) is 8.17. The largest absolute Gasteiger partial charge is 0.490 e. The van der Waals surface area contributed by atoms with Gasteiger partial charge in [0.1, 0.15) is 4.84 Å². The second kappa shape index (κ2) is 8.16. The first-order valence-electron chi connectivity index (χ1n) is 4.44. The molecule has 0 rings (SSSR count). The Morgan fingerprint density at radius 3 is 2.50 bits per heavy atom. The van der Waals surface area contributed by atoms with Gasteiger partial charge in [0.25, 0.3) is 0 Å². The first kappa shape index (κ1) is 16.0. The maximum Gasteiger partial charge on any atom is 0.490 e. The van der Waals surface area contributed by atoms with Crippen molar-refractivity contribution < 1.29 is 27.1 Å². The van der Waals surface area contributed by atoms with Gasteiger partial charge in [0, 0.05) is 0 Å². The second-order valence-electron chi connectivity index (χ2n) is 2.81. The number of ether oxygens (including phenoxy) is 1. The van der Waals surface area contributed by atoms with Gasteiger partial charge in [0.05, 0.1) is 13.2 Å². The maximum absolute atomic E-state index is 11.6. The van der Waals surface area contributed by atoms with E-state index >= 15 is 0 Å². The van der Waals surface area contributed by atoms with Crippen molar-refractivity contribution in [3.8, 4) is 0 Å². The number of alkyl halides is 5. The van der Waals surface area contributed by atoms with Crippen LogP contribution < -0.4 is 0 Å². The van der Waals surface area contributed by atoms with Gasteiger partial charge in [0.2, 0.25) is 0 Å². The van der Waals surface area contributed by atoms with Gasteiger partial charge in [-0.2, -0.15) is 13.2 Å². The SMILES string of the molecule is O=C(OCCC[SiH2]OCC(Cl)Cl)C(F)(F)F. The molecule has 0 amide bonds. The van der Waals surface area contributed by atoms with E-state index in [1.807, 2.05) is 0 Å². The van der Waals surface area contributed by atoms with Gasteiger partial charge in [-0.25, -0.2) is 4.79 Å². The van der Waals surface area contributed by atoms with E-state index in [0.29, 0.717) is 12.5 Å². The molecule has 9 heteroatoms. The summed E-state index contributed by atoms with van der Waals surface area (Å²) in [5, 5.41) is 0. The molecule has 0 aliphatic carbocycles. The lowest BCUT2D eigenvalue weighted by Gasteiger charge is -2.07. The number of carbonyl (C=O) groups is 1. The van der Waals surface area contributed by atoms with Crippen LogP contribution in [-0.2, 0) is 14.0 Å². The van der Waals surface area contributed by atoms with E-state index in [9.17, 15) is 18.0 Å². The van der Waals surface area contributed by atoms with E-state index in [0.717, 1.165) is 0 Å². The minimum atomic E-state index is -4.92.